The van der Waals surface area contributed by atoms with Gasteiger partial charge in [0, 0.05) is 13.1 Å². The van der Waals surface area contributed by atoms with Gasteiger partial charge in [0.1, 0.15) is 0 Å². The van der Waals surface area contributed by atoms with E-state index in [9.17, 15) is 5.11 Å². The molecule has 0 spiro atoms. The van der Waals surface area contributed by atoms with Crippen molar-refractivity contribution in [1.82, 2.24) is 5.32 Å². The zero-order valence-corrected chi connectivity index (χ0v) is 11.2. The van der Waals surface area contributed by atoms with Crippen LogP contribution in [-0.4, -0.2) is 29.5 Å². The summed E-state index contributed by atoms with van der Waals surface area (Å²) in [7, 11) is 0. The third kappa shape index (κ3) is 3.53. The van der Waals surface area contributed by atoms with Crippen molar-refractivity contribution in [1.29, 1.82) is 0 Å². The van der Waals surface area contributed by atoms with Crippen molar-refractivity contribution in [2.24, 2.45) is 0 Å². The molecule has 3 N–H and O–H groups in total. The molecule has 0 aromatic heterocycles. The lowest BCUT2D eigenvalue weighted by Gasteiger charge is -2.16. The molecule has 3 nitrogen and oxygen atoms in total. The second kappa shape index (κ2) is 6.15. The monoisotopic (exact) mass is 237 g/mol. The van der Waals surface area contributed by atoms with Crippen LogP contribution in [0, 0.1) is 27.7 Å². The Kier molecular flexibility index (Phi) is 5.12. The van der Waals surface area contributed by atoms with E-state index in [0.29, 0.717) is 6.54 Å². The minimum absolute atomic E-state index is 0.197. The van der Waals surface area contributed by atoms with Crippen LogP contribution in [0.15, 0.2) is 6.07 Å². The fourth-order valence-corrected chi connectivity index (χ4v) is 1.99. The van der Waals surface area contributed by atoms with Gasteiger partial charge in [0.25, 0.3) is 0 Å². The van der Waals surface area contributed by atoms with Crippen molar-refractivity contribution in [3.05, 3.63) is 33.9 Å². The van der Waals surface area contributed by atoms with Crippen LogP contribution in [0.1, 0.15) is 27.8 Å². The van der Waals surface area contributed by atoms with E-state index in [-0.39, 0.29) is 6.61 Å². The first kappa shape index (κ1) is 14.2. The first-order valence-electron chi connectivity index (χ1n) is 6.03. The van der Waals surface area contributed by atoms with E-state index in [1.54, 1.807) is 0 Å². The summed E-state index contributed by atoms with van der Waals surface area (Å²) < 4.78 is 0. The van der Waals surface area contributed by atoms with Gasteiger partial charge in [-0.1, -0.05) is 6.07 Å². The van der Waals surface area contributed by atoms with Gasteiger partial charge in [-0.15, -0.1) is 0 Å². The Labute approximate surface area is 103 Å². The van der Waals surface area contributed by atoms with Crippen molar-refractivity contribution in [3.63, 3.8) is 0 Å². The summed E-state index contributed by atoms with van der Waals surface area (Å²) in [4.78, 5) is 0. The zero-order chi connectivity index (χ0) is 13.0. The summed E-state index contributed by atoms with van der Waals surface area (Å²) in [6.45, 7) is 9.45. The molecule has 0 saturated carbocycles. The molecule has 0 aliphatic heterocycles. The molecule has 96 valence electrons. The van der Waals surface area contributed by atoms with Crippen LogP contribution in [0.25, 0.3) is 0 Å². The molecule has 0 radical (unpaired) electrons. The maximum atomic E-state index is 9.27. The van der Waals surface area contributed by atoms with Gasteiger partial charge in [-0.2, -0.15) is 0 Å². The number of aliphatic hydroxyl groups excluding tert-OH is 2. The summed E-state index contributed by atoms with van der Waals surface area (Å²) in [6.07, 6.45) is -0.679. The number of nitrogens with one attached hydrogen (secondary N) is 1. The smallest absolute Gasteiger partial charge is 0.0895 e. The van der Waals surface area contributed by atoms with Gasteiger partial charge in [-0.25, -0.2) is 0 Å². The van der Waals surface area contributed by atoms with Crippen LogP contribution in [-0.2, 0) is 6.54 Å². The summed E-state index contributed by atoms with van der Waals surface area (Å²) in [5, 5.41) is 21.2. The van der Waals surface area contributed by atoms with Crippen LogP contribution in [0.3, 0.4) is 0 Å². The molecule has 1 rings (SSSR count). The van der Waals surface area contributed by atoms with E-state index in [0.717, 1.165) is 6.54 Å². The first-order chi connectivity index (χ1) is 7.97. The molecule has 0 fully saturated rings. The zero-order valence-electron chi connectivity index (χ0n) is 11.2. The number of hydrogen-bond donors (Lipinski definition) is 3. The lowest BCUT2D eigenvalue weighted by atomic mass is 9.94. The highest BCUT2D eigenvalue weighted by atomic mass is 16.3. The van der Waals surface area contributed by atoms with E-state index < -0.39 is 6.10 Å². The highest BCUT2D eigenvalue weighted by Crippen LogP contribution is 2.21. The Morgan fingerprint density at radius 3 is 2.12 bits per heavy atom. The molecule has 0 aliphatic rings. The van der Waals surface area contributed by atoms with Crippen LogP contribution in [0.2, 0.25) is 0 Å². The van der Waals surface area contributed by atoms with E-state index >= 15 is 0 Å². The normalized spacial score (nSPS) is 12.8. The molecule has 0 amide bonds. The van der Waals surface area contributed by atoms with Crippen molar-refractivity contribution in [2.75, 3.05) is 13.2 Å². The highest BCUT2D eigenvalue weighted by Gasteiger charge is 2.08. The standard InChI is InChI=1S/C14H23NO2/c1-9-5-10(2)12(4)14(11(9)3)7-15-6-13(17)8-16/h5,13,15-17H,6-8H2,1-4H3. The summed E-state index contributed by atoms with van der Waals surface area (Å²) in [5.41, 5.74) is 6.51. The number of rotatable bonds is 5. The minimum Gasteiger partial charge on any atom is -0.394 e. The fourth-order valence-electron chi connectivity index (χ4n) is 1.99. The second-order valence-corrected chi connectivity index (χ2v) is 4.71. The number of aliphatic hydroxyl groups is 2. The van der Waals surface area contributed by atoms with Crippen molar-refractivity contribution < 1.29 is 10.2 Å². The predicted molar refractivity (Wildman–Crippen MR) is 70.2 cm³/mol. The third-order valence-electron chi connectivity index (χ3n) is 3.41. The average Bonchev–Trinajstić information content (AvgIpc) is 2.30. The predicted octanol–water partition coefficient (Wildman–Crippen LogP) is 1.36. The van der Waals surface area contributed by atoms with Gasteiger partial charge in [0.05, 0.1) is 12.7 Å². The Morgan fingerprint density at radius 2 is 1.65 bits per heavy atom. The minimum atomic E-state index is -0.679. The third-order valence-corrected chi connectivity index (χ3v) is 3.41. The largest absolute Gasteiger partial charge is 0.394 e. The molecular weight excluding hydrogens is 214 g/mol. The van der Waals surface area contributed by atoms with Crippen molar-refractivity contribution in [3.8, 4) is 0 Å². The molecule has 1 aromatic rings. The maximum absolute atomic E-state index is 9.27. The Morgan fingerprint density at radius 1 is 1.12 bits per heavy atom. The Bertz CT molecular complexity index is 362. The first-order valence-corrected chi connectivity index (χ1v) is 6.03. The van der Waals surface area contributed by atoms with Crippen LogP contribution in [0.4, 0.5) is 0 Å². The van der Waals surface area contributed by atoms with Gasteiger partial charge < -0.3 is 15.5 Å². The van der Waals surface area contributed by atoms with Crippen LogP contribution in [0.5, 0.6) is 0 Å². The summed E-state index contributed by atoms with van der Waals surface area (Å²) in [6, 6.07) is 2.21. The summed E-state index contributed by atoms with van der Waals surface area (Å²) >= 11 is 0. The van der Waals surface area contributed by atoms with Gasteiger partial charge in [0.15, 0.2) is 0 Å². The molecule has 1 aromatic carbocycles. The van der Waals surface area contributed by atoms with Gasteiger partial charge in [-0.3, -0.25) is 0 Å². The van der Waals surface area contributed by atoms with E-state index in [4.69, 9.17) is 5.11 Å². The number of hydrogen-bond acceptors (Lipinski definition) is 3. The number of benzene rings is 1. The Hall–Kier alpha value is -0.900. The topological polar surface area (TPSA) is 52.5 Å². The lowest BCUT2D eigenvalue weighted by molar-refractivity contribution is 0.0942. The van der Waals surface area contributed by atoms with Crippen LogP contribution < -0.4 is 5.32 Å². The lowest BCUT2D eigenvalue weighted by Crippen LogP contribution is -2.29. The SMILES string of the molecule is Cc1cc(C)c(C)c(CNCC(O)CO)c1C. The molecule has 1 unspecified atom stereocenters. The molecule has 1 atom stereocenters. The molecule has 3 heteroatoms. The second-order valence-electron chi connectivity index (χ2n) is 4.71. The van der Waals surface area contributed by atoms with E-state index in [2.05, 4.69) is 39.1 Å². The molecule has 17 heavy (non-hydrogen) atoms. The van der Waals surface area contributed by atoms with E-state index in [1.807, 2.05) is 0 Å². The number of aryl methyl sites for hydroxylation is 2. The quantitative estimate of drug-likeness (QED) is 0.725. The van der Waals surface area contributed by atoms with Crippen LogP contribution >= 0.6 is 0 Å². The Balaban J connectivity index is 2.77. The average molecular weight is 237 g/mol. The molecule has 0 bridgehead atoms. The van der Waals surface area contributed by atoms with Gasteiger partial charge in [-0.05, 0) is 55.5 Å². The van der Waals surface area contributed by atoms with E-state index in [1.165, 1.54) is 27.8 Å². The molecule has 0 saturated heterocycles. The molecule has 0 heterocycles. The van der Waals surface area contributed by atoms with Crippen molar-refractivity contribution >= 4 is 0 Å². The summed E-state index contributed by atoms with van der Waals surface area (Å²) in [5.74, 6) is 0. The highest BCUT2D eigenvalue weighted by molar-refractivity contribution is 5.43. The molecule has 0 aliphatic carbocycles. The van der Waals surface area contributed by atoms with Gasteiger partial charge in [0.2, 0.25) is 0 Å². The molecular formula is C14H23NO2. The maximum Gasteiger partial charge on any atom is 0.0895 e. The fraction of sp³-hybridized carbons (Fsp3) is 0.571. The van der Waals surface area contributed by atoms with Gasteiger partial charge >= 0.3 is 0 Å². The van der Waals surface area contributed by atoms with Crippen molar-refractivity contribution in [2.45, 2.75) is 40.3 Å².